The van der Waals surface area contributed by atoms with Crippen LogP contribution in [0.2, 0.25) is 0 Å². The van der Waals surface area contributed by atoms with Crippen LogP contribution in [0.5, 0.6) is 0 Å². The zero-order valence-corrected chi connectivity index (χ0v) is 13.5. The first kappa shape index (κ1) is 16.8. The van der Waals surface area contributed by atoms with Gasteiger partial charge in [-0.25, -0.2) is 0 Å². The molecule has 0 aliphatic heterocycles. The Kier molecular flexibility index (Phi) is 7.84. The largest absolute Gasteiger partial charge is 0.465 e. The lowest BCUT2D eigenvalue weighted by atomic mass is 9.84. The third-order valence-electron chi connectivity index (χ3n) is 3.97. The first-order valence-corrected chi connectivity index (χ1v) is 8.86. The van der Waals surface area contributed by atoms with Crippen molar-refractivity contribution < 1.29 is 9.53 Å². The summed E-state index contributed by atoms with van der Waals surface area (Å²) in [6.07, 6.45) is 5.40. The fourth-order valence-electron chi connectivity index (χ4n) is 3.02. The van der Waals surface area contributed by atoms with E-state index in [1.807, 2.05) is 18.7 Å². The molecule has 19 heavy (non-hydrogen) atoms. The summed E-state index contributed by atoms with van der Waals surface area (Å²) >= 11 is 1.96. The maximum Gasteiger partial charge on any atom is 0.326 e. The molecule has 112 valence electrons. The van der Waals surface area contributed by atoms with Crippen LogP contribution in [0.15, 0.2) is 0 Å². The summed E-state index contributed by atoms with van der Waals surface area (Å²) in [5, 5.41) is 3.52. The zero-order valence-electron chi connectivity index (χ0n) is 12.7. The van der Waals surface area contributed by atoms with Crippen LogP contribution in [0.4, 0.5) is 0 Å². The van der Waals surface area contributed by atoms with Crippen LogP contribution in [0, 0.1) is 5.92 Å². The van der Waals surface area contributed by atoms with Crippen LogP contribution < -0.4 is 5.32 Å². The van der Waals surface area contributed by atoms with Gasteiger partial charge >= 0.3 is 5.97 Å². The van der Waals surface area contributed by atoms with E-state index in [4.69, 9.17) is 4.74 Å². The molecule has 0 saturated heterocycles. The summed E-state index contributed by atoms with van der Waals surface area (Å²) < 4.78 is 5.35. The van der Waals surface area contributed by atoms with Gasteiger partial charge in [0.1, 0.15) is 5.54 Å². The van der Waals surface area contributed by atoms with E-state index in [0.717, 1.165) is 50.2 Å². The van der Waals surface area contributed by atoms with E-state index in [0.29, 0.717) is 12.5 Å². The Hall–Kier alpha value is -0.220. The van der Waals surface area contributed by atoms with Crippen molar-refractivity contribution in [1.82, 2.24) is 5.32 Å². The SMILES string of the molecule is CCCNC1(C(=O)OCC)CCCC1CCSCC. The summed E-state index contributed by atoms with van der Waals surface area (Å²) in [4.78, 5) is 12.4. The summed E-state index contributed by atoms with van der Waals surface area (Å²) in [6, 6.07) is 0. The minimum absolute atomic E-state index is 0.0209. The molecule has 0 aromatic carbocycles. The predicted molar refractivity (Wildman–Crippen MR) is 82.6 cm³/mol. The predicted octanol–water partition coefficient (Wildman–Crippen LogP) is 3.23. The van der Waals surface area contributed by atoms with Gasteiger partial charge in [0.2, 0.25) is 0 Å². The molecule has 4 heteroatoms. The number of thioether (sulfide) groups is 1. The quantitative estimate of drug-likeness (QED) is 0.522. The molecular formula is C15H29NO2S. The van der Waals surface area contributed by atoms with E-state index in [9.17, 15) is 4.79 Å². The highest BCUT2D eigenvalue weighted by Crippen LogP contribution is 2.39. The van der Waals surface area contributed by atoms with Gasteiger partial charge in [0, 0.05) is 0 Å². The van der Waals surface area contributed by atoms with E-state index in [1.165, 1.54) is 0 Å². The highest BCUT2D eigenvalue weighted by Gasteiger charge is 2.49. The van der Waals surface area contributed by atoms with Crippen LogP contribution in [-0.4, -0.2) is 36.2 Å². The Morgan fingerprint density at radius 3 is 2.84 bits per heavy atom. The van der Waals surface area contributed by atoms with Crippen molar-refractivity contribution in [3.05, 3.63) is 0 Å². The number of carbonyl (C=O) groups is 1. The smallest absolute Gasteiger partial charge is 0.326 e. The second-order valence-corrected chi connectivity index (χ2v) is 6.59. The standard InChI is InChI=1S/C15H29NO2S/c1-4-11-16-15(14(17)18-5-2)10-7-8-13(15)9-12-19-6-3/h13,16H,4-12H2,1-3H3. The summed E-state index contributed by atoms with van der Waals surface area (Å²) in [7, 11) is 0. The first-order chi connectivity index (χ1) is 9.21. The zero-order chi connectivity index (χ0) is 14.1. The second-order valence-electron chi connectivity index (χ2n) is 5.19. The van der Waals surface area contributed by atoms with Crippen LogP contribution in [0.25, 0.3) is 0 Å². The van der Waals surface area contributed by atoms with Crippen LogP contribution in [0.1, 0.15) is 52.9 Å². The van der Waals surface area contributed by atoms with Crippen molar-refractivity contribution in [3.8, 4) is 0 Å². The molecule has 1 N–H and O–H groups in total. The molecule has 0 bridgehead atoms. The molecule has 3 nitrogen and oxygen atoms in total. The van der Waals surface area contributed by atoms with Gasteiger partial charge in [-0.05, 0) is 56.6 Å². The number of ether oxygens (including phenoxy) is 1. The molecule has 1 aliphatic carbocycles. The summed E-state index contributed by atoms with van der Waals surface area (Å²) in [6.45, 7) is 7.60. The second kappa shape index (κ2) is 8.85. The Bertz CT molecular complexity index is 273. The molecule has 0 amide bonds. The molecule has 2 unspecified atom stereocenters. The van der Waals surface area contributed by atoms with Gasteiger partial charge in [0.15, 0.2) is 0 Å². The topological polar surface area (TPSA) is 38.3 Å². The minimum Gasteiger partial charge on any atom is -0.465 e. The third-order valence-corrected chi connectivity index (χ3v) is 4.90. The number of rotatable bonds is 9. The van der Waals surface area contributed by atoms with E-state index < -0.39 is 5.54 Å². The average Bonchev–Trinajstić information content (AvgIpc) is 2.81. The number of nitrogens with one attached hydrogen (secondary N) is 1. The highest BCUT2D eigenvalue weighted by atomic mass is 32.2. The first-order valence-electron chi connectivity index (χ1n) is 7.71. The molecule has 0 aromatic heterocycles. The van der Waals surface area contributed by atoms with Crippen molar-refractivity contribution in [2.45, 2.75) is 58.4 Å². The molecule has 1 aliphatic rings. The lowest BCUT2D eigenvalue weighted by molar-refractivity contribution is -0.153. The number of hydrogen-bond acceptors (Lipinski definition) is 4. The maximum absolute atomic E-state index is 12.4. The summed E-state index contributed by atoms with van der Waals surface area (Å²) in [5.41, 5.74) is -0.402. The Morgan fingerprint density at radius 2 is 2.21 bits per heavy atom. The Balaban J connectivity index is 2.71. The molecule has 1 saturated carbocycles. The van der Waals surface area contributed by atoms with Crippen LogP contribution in [0.3, 0.4) is 0 Å². The van der Waals surface area contributed by atoms with Gasteiger partial charge in [-0.2, -0.15) is 11.8 Å². The fraction of sp³-hybridized carbons (Fsp3) is 0.933. The number of hydrogen-bond donors (Lipinski definition) is 1. The molecule has 0 heterocycles. The van der Waals surface area contributed by atoms with Gasteiger partial charge in [-0.1, -0.05) is 20.3 Å². The molecule has 0 aromatic rings. The normalized spacial score (nSPS) is 26.6. The van der Waals surface area contributed by atoms with Gasteiger partial charge in [0.25, 0.3) is 0 Å². The van der Waals surface area contributed by atoms with E-state index >= 15 is 0 Å². The molecule has 2 atom stereocenters. The van der Waals surface area contributed by atoms with Crippen molar-refractivity contribution in [2.75, 3.05) is 24.7 Å². The Morgan fingerprint density at radius 1 is 1.42 bits per heavy atom. The van der Waals surface area contributed by atoms with Crippen molar-refractivity contribution in [1.29, 1.82) is 0 Å². The van der Waals surface area contributed by atoms with Crippen LogP contribution in [-0.2, 0) is 9.53 Å². The fourth-order valence-corrected chi connectivity index (χ4v) is 3.76. The Labute approximate surface area is 122 Å². The van der Waals surface area contributed by atoms with Crippen molar-refractivity contribution in [3.63, 3.8) is 0 Å². The lowest BCUT2D eigenvalue weighted by Crippen LogP contribution is -2.56. The van der Waals surface area contributed by atoms with Gasteiger partial charge < -0.3 is 10.1 Å². The van der Waals surface area contributed by atoms with Crippen LogP contribution >= 0.6 is 11.8 Å². The number of carbonyl (C=O) groups excluding carboxylic acids is 1. The van der Waals surface area contributed by atoms with Crippen molar-refractivity contribution >= 4 is 17.7 Å². The van der Waals surface area contributed by atoms with Gasteiger partial charge in [-0.15, -0.1) is 0 Å². The monoisotopic (exact) mass is 287 g/mol. The summed E-state index contributed by atoms with van der Waals surface area (Å²) in [5.74, 6) is 2.72. The molecule has 1 rings (SSSR count). The maximum atomic E-state index is 12.4. The molecule has 0 spiro atoms. The third kappa shape index (κ3) is 4.38. The van der Waals surface area contributed by atoms with E-state index in [1.54, 1.807) is 0 Å². The number of esters is 1. The minimum atomic E-state index is -0.402. The van der Waals surface area contributed by atoms with E-state index in [-0.39, 0.29) is 5.97 Å². The van der Waals surface area contributed by atoms with Gasteiger partial charge in [0.05, 0.1) is 6.61 Å². The van der Waals surface area contributed by atoms with E-state index in [2.05, 4.69) is 19.2 Å². The molecular weight excluding hydrogens is 258 g/mol. The highest BCUT2D eigenvalue weighted by molar-refractivity contribution is 7.99. The molecule has 0 radical (unpaired) electrons. The van der Waals surface area contributed by atoms with Crippen molar-refractivity contribution in [2.24, 2.45) is 5.92 Å². The lowest BCUT2D eigenvalue weighted by Gasteiger charge is -2.34. The average molecular weight is 287 g/mol. The van der Waals surface area contributed by atoms with Gasteiger partial charge in [-0.3, -0.25) is 4.79 Å². The molecule has 1 fully saturated rings.